The van der Waals surface area contributed by atoms with Gasteiger partial charge in [-0.1, -0.05) is 29.8 Å². The van der Waals surface area contributed by atoms with E-state index in [0.717, 1.165) is 10.5 Å². The number of ether oxygens (including phenoxy) is 3. The molecule has 144 valence electrons. The second-order valence-corrected chi connectivity index (χ2v) is 6.70. The number of methoxy groups -OCH3 is 2. The Hall–Kier alpha value is -2.74. The van der Waals surface area contributed by atoms with E-state index in [1.54, 1.807) is 12.1 Å². The predicted molar refractivity (Wildman–Crippen MR) is 91.0 cm³/mol. The van der Waals surface area contributed by atoms with Crippen molar-refractivity contribution >= 4 is 23.8 Å². The monoisotopic (exact) mass is 375 g/mol. The minimum absolute atomic E-state index is 0.0807. The number of carbonyl (C=O) groups is 4. The number of aryl methyl sites for hydroxylation is 1. The van der Waals surface area contributed by atoms with Crippen molar-refractivity contribution in [3.8, 4) is 0 Å². The van der Waals surface area contributed by atoms with Crippen LogP contribution in [0, 0.1) is 12.3 Å². The summed E-state index contributed by atoms with van der Waals surface area (Å²) in [6.45, 7) is 1.90. The summed E-state index contributed by atoms with van der Waals surface area (Å²) in [5.41, 5.74) is -0.273. The number of hydrogen-bond acceptors (Lipinski definition) is 7. The Balaban J connectivity index is 2.09. The molecule has 2 amide bonds. The average molecular weight is 375 g/mol. The Morgan fingerprint density at radius 1 is 1.04 bits per heavy atom. The first-order chi connectivity index (χ1) is 12.8. The van der Waals surface area contributed by atoms with Gasteiger partial charge in [0.25, 0.3) is 0 Å². The third-order valence-electron chi connectivity index (χ3n) is 5.09. The third-order valence-corrected chi connectivity index (χ3v) is 5.09. The van der Waals surface area contributed by atoms with Crippen molar-refractivity contribution in [2.75, 3.05) is 14.2 Å². The molecule has 0 spiro atoms. The fourth-order valence-electron chi connectivity index (χ4n) is 3.70. The van der Waals surface area contributed by atoms with E-state index < -0.39 is 41.5 Å². The van der Waals surface area contributed by atoms with E-state index >= 15 is 0 Å². The molecule has 0 aliphatic carbocycles. The van der Waals surface area contributed by atoms with Gasteiger partial charge in [-0.15, -0.1) is 0 Å². The molecule has 0 aromatic heterocycles. The number of hydrogen-bond donors (Lipinski definition) is 0. The highest BCUT2D eigenvalue weighted by molar-refractivity contribution is 6.04. The fourth-order valence-corrected chi connectivity index (χ4v) is 3.70. The van der Waals surface area contributed by atoms with Crippen LogP contribution in [-0.4, -0.2) is 49.1 Å². The van der Waals surface area contributed by atoms with Crippen molar-refractivity contribution in [1.29, 1.82) is 0 Å². The van der Waals surface area contributed by atoms with Crippen molar-refractivity contribution in [1.82, 2.24) is 4.90 Å². The smallest absolute Gasteiger partial charge is 0.326 e. The van der Waals surface area contributed by atoms with Crippen molar-refractivity contribution < 1.29 is 33.4 Å². The number of nitrogens with zero attached hydrogens (tertiary/aromatic N) is 1. The van der Waals surface area contributed by atoms with Crippen LogP contribution < -0.4 is 0 Å². The number of amides is 2. The SMILES string of the molecule is COC(=O)C1(C(=O)OC)CC(N2C(=O)CCC2=O)OC1c1ccc(C)cc1. The molecule has 2 aliphatic rings. The molecule has 2 aliphatic heterocycles. The molecule has 0 N–H and O–H groups in total. The van der Waals surface area contributed by atoms with Gasteiger partial charge in [-0.3, -0.25) is 24.1 Å². The Morgan fingerprint density at radius 3 is 2.04 bits per heavy atom. The maximum atomic E-state index is 12.7. The van der Waals surface area contributed by atoms with E-state index in [-0.39, 0.29) is 19.3 Å². The predicted octanol–water partition coefficient (Wildman–Crippen LogP) is 1.26. The van der Waals surface area contributed by atoms with Gasteiger partial charge in [0.15, 0.2) is 5.41 Å². The van der Waals surface area contributed by atoms with Crippen molar-refractivity contribution in [2.45, 2.75) is 38.5 Å². The summed E-state index contributed by atoms with van der Waals surface area (Å²) in [7, 11) is 2.33. The second-order valence-electron chi connectivity index (χ2n) is 6.70. The molecule has 1 aromatic rings. The van der Waals surface area contributed by atoms with Gasteiger partial charge in [0, 0.05) is 19.3 Å². The van der Waals surface area contributed by atoms with E-state index in [2.05, 4.69) is 0 Å². The summed E-state index contributed by atoms with van der Waals surface area (Å²) in [5.74, 6) is -2.44. The minimum Gasteiger partial charge on any atom is -0.468 e. The van der Waals surface area contributed by atoms with Gasteiger partial charge >= 0.3 is 11.9 Å². The Bertz CT molecular complexity index is 754. The molecule has 0 radical (unpaired) electrons. The first-order valence-corrected chi connectivity index (χ1v) is 8.59. The van der Waals surface area contributed by atoms with Crippen molar-refractivity contribution in [3.63, 3.8) is 0 Å². The van der Waals surface area contributed by atoms with Gasteiger partial charge in [0.2, 0.25) is 11.8 Å². The molecule has 8 nitrogen and oxygen atoms in total. The summed E-state index contributed by atoms with van der Waals surface area (Å²) in [5, 5.41) is 0. The number of imide groups is 1. The molecule has 8 heteroatoms. The lowest BCUT2D eigenvalue weighted by atomic mass is 9.77. The van der Waals surface area contributed by atoms with Gasteiger partial charge in [0.1, 0.15) is 12.3 Å². The van der Waals surface area contributed by atoms with Gasteiger partial charge in [-0.25, -0.2) is 0 Å². The van der Waals surface area contributed by atoms with Crippen LogP contribution in [0.2, 0.25) is 0 Å². The molecule has 1 aromatic carbocycles. The number of rotatable bonds is 4. The maximum absolute atomic E-state index is 12.7. The standard InChI is InChI=1S/C19H21NO7/c1-11-4-6-12(7-5-11)16-19(17(23)25-2,18(24)26-3)10-15(27-16)20-13(21)8-9-14(20)22/h4-7,15-16H,8-10H2,1-3H3. The fraction of sp³-hybridized carbons (Fsp3) is 0.474. The van der Waals surface area contributed by atoms with E-state index in [9.17, 15) is 19.2 Å². The zero-order valence-corrected chi connectivity index (χ0v) is 15.4. The zero-order valence-electron chi connectivity index (χ0n) is 15.4. The van der Waals surface area contributed by atoms with E-state index in [1.165, 1.54) is 14.2 Å². The minimum atomic E-state index is -1.81. The summed E-state index contributed by atoms with van der Waals surface area (Å²) in [6, 6.07) is 7.10. The van der Waals surface area contributed by atoms with Crippen LogP contribution >= 0.6 is 0 Å². The highest BCUT2D eigenvalue weighted by atomic mass is 16.6. The van der Waals surface area contributed by atoms with Gasteiger partial charge < -0.3 is 14.2 Å². The molecule has 2 heterocycles. The highest BCUT2D eigenvalue weighted by Gasteiger charge is 2.64. The Kier molecular flexibility index (Phi) is 5.01. The summed E-state index contributed by atoms with van der Waals surface area (Å²) >= 11 is 0. The van der Waals surface area contributed by atoms with Gasteiger partial charge in [-0.05, 0) is 12.5 Å². The van der Waals surface area contributed by atoms with Crippen LogP contribution in [0.1, 0.15) is 36.5 Å². The first-order valence-electron chi connectivity index (χ1n) is 8.59. The van der Waals surface area contributed by atoms with Gasteiger partial charge in [0.05, 0.1) is 14.2 Å². The van der Waals surface area contributed by atoms with E-state index in [0.29, 0.717) is 5.56 Å². The van der Waals surface area contributed by atoms with Crippen LogP contribution in [0.5, 0.6) is 0 Å². The molecule has 2 atom stereocenters. The maximum Gasteiger partial charge on any atom is 0.326 e. The van der Waals surface area contributed by atoms with Gasteiger partial charge in [-0.2, -0.15) is 0 Å². The quantitative estimate of drug-likeness (QED) is 0.444. The Morgan fingerprint density at radius 2 is 1.56 bits per heavy atom. The second kappa shape index (κ2) is 7.11. The van der Waals surface area contributed by atoms with Crippen molar-refractivity contribution in [2.24, 2.45) is 5.41 Å². The zero-order chi connectivity index (χ0) is 19.8. The van der Waals surface area contributed by atoms with E-state index in [1.807, 2.05) is 19.1 Å². The molecule has 27 heavy (non-hydrogen) atoms. The lowest BCUT2D eigenvalue weighted by Gasteiger charge is -2.28. The molecule has 3 rings (SSSR count). The van der Waals surface area contributed by atoms with Crippen LogP contribution in [0.3, 0.4) is 0 Å². The Labute approximate surface area is 156 Å². The van der Waals surface area contributed by atoms with Crippen LogP contribution in [0.25, 0.3) is 0 Å². The lowest BCUT2D eigenvalue weighted by Crippen LogP contribution is -2.45. The molecule has 0 bridgehead atoms. The number of esters is 2. The van der Waals surface area contributed by atoms with Crippen LogP contribution in [0.4, 0.5) is 0 Å². The first kappa shape index (κ1) is 19.0. The average Bonchev–Trinajstić information content (AvgIpc) is 3.22. The third kappa shape index (κ3) is 2.99. The number of likely N-dealkylation sites (tertiary alicyclic amines) is 1. The molecular formula is C19H21NO7. The highest BCUT2D eigenvalue weighted by Crippen LogP contribution is 2.51. The largest absolute Gasteiger partial charge is 0.468 e. The van der Waals surface area contributed by atoms with E-state index in [4.69, 9.17) is 14.2 Å². The summed E-state index contributed by atoms with van der Waals surface area (Å²) in [6.07, 6.45) is -2.15. The number of carbonyl (C=O) groups excluding carboxylic acids is 4. The van der Waals surface area contributed by atoms with Crippen LogP contribution in [-0.2, 0) is 33.4 Å². The summed E-state index contributed by atoms with van der Waals surface area (Å²) < 4.78 is 15.7. The number of benzene rings is 1. The molecule has 0 saturated carbocycles. The van der Waals surface area contributed by atoms with Crippen molar-refractivity contribution in [3.05, 3.63) is 35.4 Å². The molecule has 2 unspecified atom stereocenters. The normalized spacial score (nSPS) is 24.2. The van der Waals surface area contributed by atoms with Crippen LogP contribution in [0.15, 0.2) is 24.3 Å². The molecule has 2 saturated heterocycles. The molecule has 2 fully saturated rings. The molecular weight excluding hydrogens is 354 g/mol. The topological polar surface area (TPSA) is 99.2 Å². The lowest BCUT2D eigenvalue weighted by molar-refractivity contribution is -0.174. The summed E-state index contributed by atoms with van der Waals surface area (Å²) in [4.78, 5) is 50.7.